The molecule has 104 valence electrons. The maximum absolute atomic E-state index is 5.64. The van der Waals surface area contributed by atoms with E-state index in [0.29, 0.717) is 0 Å². The van der Waals surface area contributed by atoms with Crippen molar-refractivity contribution in [1.82, 2.24) is 10.6 Å². The third-order valence-electron chi connectivity index (χ3n) is 3.88. The molecule has 3 heteroatoms. The smallest absolute Gasteiger partial charge is 0.122 e. The number of hydrogen-bond donors (Lipinski definition) is 2. The summed E-state index contributed by atoms with van der Waals surface area (Å²) in [6, 6.07) is 7.48. The first-order valence-corrected chi connectivity index (χ1v) is 7.60. The third-order valence-corrected chi connectivity index (χ3v) is 3.88. The highest BCUT2D eigenvalue weighted by atomic mass is 16.5. The zero-order valence-electron chi connectivity index (χ0n) is 11.6. The van der Waals surface area contributed by atoms with Crippen molar-refractivity contribution < 1.29 is 4.74 Å². The van der Waals surface area contributed by atoms with Crippen LogP contribution in [-0.4, -0.2) is 32.3 Å². The van der Waals surface area contributed by atoms with Gasteiger partial charge in [-0.25, -0.2) is 0 Å². The maximum Gasteiger partial charge on any atom is 0.122 e. The highest BCUT2D eigenvalue weighted by Crippen LogP contribution is 2.25. The zero-order valence-corrected chi connectivity index (χ0v) is 11.6. The number of hydrogen-bond acceptors (Lipinski definition) is 3. The van der Waals surface area contributed by atoms with Gasteiger partial charge in [-0.2, -0.15) is 0 Å². The van der Waals surface area contributed by atoms with E-state index in [1.165, 1.54) is 30.4 Å². The van der Waals surface area contributed by atoms with Crippen LogP contribution in [0.25, 0.3) is 0 Å². The second-order valence-corrected chi connectivity index (χ2v) is 5.62. The van der Waals surface area contributed by atoms with Crippen LogP contribution in [0.1, 0.15) is 30.4 Å². The molecule has 0 bridgehead atoms. The first-order chi connectivity index (χ1) is 9.42. The maximum atomic E-state index is 5.64. The van der Waals surface area contributed by atoms with Gasteiger partial charge in [0.25, 0.3) is 0 Å². The standard InChI is InChI=1S/C16H24N2O/c1-2-14-12-13(3-6-16(14)19-11-1)7-8-17-9-10-18-15-4-5-15/h3,6,12,15,17-18H,1-2,4-5,7-11H2. The Balaban J connectivity index is 1.37. The fourth-order valence-corrected chi connectivity index (χ4v) is 2.58. The molecule has 1 aromatic carbocycles. The summed E-state index contributed by atoms with van der Waals surface area (Å²) in [5, 5.41) is 7.02. The molecule has 1 fully saturated rings. The normalized spacial score (nSPS) is 17.9. The SMILES string of the molecule is c1cc2c(cc1CCNCCNC1CC1)CCCO2. The van der Waals surface area contributed by atoms with Gasteiger partial charge in [0.2, 0.25) is 0 Å². The molecule has 1 aromatic rings. The fraction of sp³-hybridized carbons (Fsp3) is 0.625. The van der Waals surface area contributed by atoms with E-state index in [1.54, 1.807) is 0 Å². The van der Waals surface area contributed by atoms with Crippen molar-refractivity contribution in [2.24, 2.45) is 0 Å². The Kier molecular flexibility index (Phi) is 4.36. The second-order valence-electron chi connectivity index (χ2n) is 5.62. The highest BCUT2D eigenvalue weighted by Gasteiger charge is 2.19. The number of ether oxygens (including phenoxy) is 1. The molecule has 3 nitrogen and oxygen atoms in total. The molecule has 2 N–H and O–H groups in total. The topological polar surface area (TPSA) is 33.3 Å². The van der Waals surface area contributed by atoms with Gasteiger partial charge in [0, 0.05) is 19.1 Å². The molecule has 0 unspecified atom stereocenters. The van der Waals surface area contributed by atoms with Crippen molar-refractivity contribution >= 4 is 0 Å². The number of benzene rings is 1. The Hall–Kier alpha value is -1.06. The van der Waals surface area contributed by atoms with E-state index >= 15 is 0 Å². The third kappa shape index (κ3) is 3.95. The summed E-state index contributed by atoms with van der Waals surface area (Å²) in [6.45, 7) is 4.11. The van der Waals surface area contributed by atoms with Crippen LogP contribution < -0.4 is 15.4 Å². The minimum atomic E-state index is 0.822. The van der Waals surface area contributed by atoms with Crippen LogP contribution in [0.15, 0.2) is 18.2 Å². The lowest BCUT2D eigenvalue weighted by atomic mass is 10.0. The molecule has 1 heterocycles. The minimum absolute atomic E-state index is 0.822. The lowest BCUT2D eigenvalue weighted by molar-refractivity contribution is 0.288. The van der Waals surface area contributed by atoms with Crippen LogP contribution in [0.4, 0.5) is 0 Å². The number of nitrogens with one attached hydrogen (secondary N) is 2. The van der Waals surface area contributed by atoms with Crippen molar-refractivity contribution in [3.8, 4) is 5.75 Å². The Bertz CT molecular complexity index is 415. The van der Waals surface area contributed by atoms with E-state index in [0.717, 1.165) is 50.9 Å². The molecule has 0 saturated heterocycles. The molecule has 0 radical (unpaired) electrons. The minimum Gasteiger partial charge on any atom is -0.493 e. The van der Waals surface area contributed by atoms with E-state index in [1.807, 2.05) is 0 Å². The van der Waals surface area contributed by atoms with Crippen molar-refractivity contribution in [2.45, 2.75) is 38.1 Å². The van der Waals surface area contributed by atoms with Gasteiger partial charge >= 0.3 is 0 Å². The fourth-order valence-electron chi connectivity index (χ4n) is 2.58. The molecule has 1 aliphatic heterocycles. The molecule has 19 heavy (non-hydrogen) atoms. The monoisotopic (exact) mass is 260 g/mol. The molecule has 1 saturated carbocycles. The van der Waals surface area contributed by atoms with Crippen LogP contribution in [0.5, 0.6) is 5.75 Å². The second kappa shape index (κ2) is 6.40. The predicted molar refractivity (Wildman–Crippen MR) is 77.9 cm³/mol. The van der Waals surface area contributed by atoms with Gasteiger partial charge in [-0.1, -0.05) is 12.1 Å². The molecule has 2 aliphatic rings. The first-order valence-electron chi connectivity index (χ1n) is 7.60. The van der Waals surface area contributed by atoms with Crippen LogP contribution in [-0.2, 0) is 12.8 Å². The van der Waals surface area contributed by atoms with Crippen molar-refractivity contribution in [3.63, 3.8) is 0 Å². The average molecular weight is 260 g/mol. The summed E-state index contributed by atoms with van der Waals surface area (Å²) in [5.74, 6) is 1.09. The lowest BCUT2D eigenvalue weighted by Crippen LogP contribution is -2.29. The molecular weight excluding hydrogens is 236 g/mol. The summed E-state index contributed by atoms with van der Waals surface area (Å²) in [4.78, 5) is 0. The molecule has 0 spiro atoms. The Morgan fingerprint density at radius 3 is 3.00 bits per heavy atom. The zero-order chi connectivity index (χ0) is 12.9. The van der Waals surface area contributed by atoms with Crippen molar-refractivity contribution in [2.75, 3.05) is 26.2 Å². The molecule has 0 atom stereocenters. The molecule has 1 aliphatic carbocycles. The van der Waals surface area contributed by atoms with Gasteiger partial charge in [-0.3, -0.25) is 0 Å². The van der Waals surface area contributed by atoms with Gasteiger partial charge < -0.3 is 15.4 Å². The van der Waals surface area contributed by atoms with Gasteiger partial charge in [-0.05, 0) is 55.8 Å². The van der Waals surface area contributed by atoms with Gasteiger partial charge in [-0.15, -0.1) is 0 Å². The average Bonchev–Trinajstić information content (AvgIpc) is 3.27. The number of fused-ring (bicyclic) bond motifs is 1. The quantitative estimate of drug-likeness (QED) is 0.735. The van der Waals surface area contributed by atoms with Crippen molar-refractivity contribution in [3.05, 3.63) is 29.3 Å². The van der Waals surface area contributed by atoms with E-state index < -0.39 is 0 Å². The Labute approximate surface area is 115 Å². The summed E-state index contributed by atoms with van der Waals surface area (Å²) in [7, 11) is 0. The number of rotatable bonds is 7. The van der Waals surface area contributed by atoms with Crippen LogP contribution in [0, 0.1) is 0 Å². The summed E-state index contributed by atoms with van der Waals surface area (Å²) >= 11 is 0. The van der Waals surface area contributed by atoms with E-state index in [-0.39, 0.29) is 0 Å². The summed E-state index contributed by atoms with van der Waals surface area (Å²) in [5.41, 5.74) is 2.81. The van der Waals surface area contributed by atoms with Gasteiger partial charge in [0.1, 0.15) is 5.75 Å². The lowest BCUT2D eigenvalue weighted by Gasteiger charge is -2.18. The first kappa shape index (κ1) is 12.9. The van der Waals surface area contributed by atoms with Gasteiger partial charge in [0.15, 0.2) is 0 Å². The summed E-state index contributed by atoms with van der Waals surface area (Å²) in [6.07, 6.45) is 6.18. The highest BCUT2D eigenvalue weighted by molar-refractivity contribution is 5.38. The molecule has 0 amide bonds. The van der Waals surface area contributed by atoms with E-state index in [9.17, 15) is 0 Å². The Morgan fingerprint density at radius 2 is 2.11 bits per heavy atom. The van der Waals surface area contributed by atoms with Gasteiger partial charge in [0.05, 0.1) is 6.61 Å². The summed E-state index contributed by atoms with van der Waals surface area (Å²) < 4.78 is 5.64. The number of aryl methyl sites for hydroxylation is 1. The van der Waals surface area contributed by atoms with Crippen LogP contribution >= 0.6 is 0 Å². The van der Waals surface area contributed by atoms with Crippen LogP contribution in [0.3, 0.4) is 0 Å². The largest absolute Gasteiger partial charge is 0.493 e. The molecule has 3 rings (SSSR count). The molecular formula is C16H24N2O. The van der Waals surface area contributed by atoms with Crippen molar-refractivity contribution in [1.29, 1.82) is 0 Å². The van der Waals surface area contributed by atoms with E-state index in [4.69, 9.17) is 4.74 Å². The Morgan fingerprint density at radius 1 is 1.16 bits per heavy atom. The predicted octanol–water partition coefficient (Wildman–Crippen LogP) is 1.90. The molecule has 0 aromatic heterocycles. The van der Waals surface area contributed by atoms with Crippen LogP contribution in [0.2, 0.25) is 0 Å². The van der Waals surface area contributed by atoms with E-state index in [2.05, 4.69) is 28.8 Å².